The number of sulfonamides is 1. The van der Waals surface area contributed by atoms with E-state index in [9.17, 15) is 18.5 Å². The molecule has 23 heavy (non-hydrogen) atoms. The maximum atomic E-state index is 12.4. The van der Waals surface area contributed by atoms with Crippen molar-refractivity contribution in [3.63, 3.8) is 0 Å². The van der Waals surface area contributed by atoms with Crippen molar-refractivity contribution in [3.8, 4) is 11.3 Å². The highest BCUT2D eigenvalue weighted by Crippen LogP contribution is 2.31. The third-order valence-corrected chi connectivity index (χ3v) is 5.41. The third-order valence-electron chi connectivity index (χ3n) is 3.74. The first kappa shape index (κ1) is 15.6. The van der Waals surface area contributed by atoms with E-state index in [1.54, 1.807) is 0 Å². The molecule has 0 amide bonds. The molecule has 0 spiro atoms. The highest BCUT2D eigenvalue weighted by atomic mass is 32.2. The van der Waals surface area contributed by atoms with Gasteiger partial charge < -0.3 is 4.52 Å². The predicted octanol–water partition coefficient (Wildman–Crippen LogP) is 2.28. The lowest BCUT2D eigenvalue weighted by atomic mass is 10.1. The van der Waals surface area contributed by atoms with E-state index in [0.29, 0.717) is 23.7 Å². The monoisotopic (exact) mass is 337 g/mol. The summed E-state index contributed by atoms with van der Waals surface area (Å²) in [5, 5.41) is 14.2. The topological polar surface area (TPSA) is 107 Å². The number of non-ortho nitro benzene ring substituents is 1. The number of rotatable bonds is 6. The Morgan fingerprint density at radius 2 is 2.00 bits per heavy atom. The van der Waals surface area contributed by atoms with Crippen LogP contribution in [0.2, 0.25) is 0 Å². The van der Waals surface area contributed by atoms with Crippen LogP contribution in [0.4, 0.5) is 5.69 Å². The Morgan fingerprint density at radius 3 is 2.57 bits per heavy atom. The van der Waals surface area contributed by atoms with Crippen LogP contribution >= 0.6 is 0 Å². The van der Waals surface area contributed by atoms with Gasteiger partial charge in [0.15, 0.2) is 0 Å². The Labute approximate surface area is 132 Å². The largest absolute Gasteiger partial charge is 0.343 e. The number of benzene rings is 1. The van der Waals surface area contributed by atoms with Crippen molar-refractivity contribution in [1.29, 1.82) is 0 Å². The van der Waals surface area contributed by atoms with Crippen molar-refractivity contribution in [2.75, 3.05) is 13.6 Å². The zero-order valence-electron chi connectivity index (χ0n) is 12.4. The third kappa shape index (κ3) is 3.25. The molecule has 8 nitrogen and oxygen atoms in total. The van der Waals surface area contributed by atoms with E-state index in [1.165, 1.54) is 41.7 Å². The molecule has 1 aliphatic rings. The summed E-state index contributed by atoms with van der Waals surface area (Å²) < 4.78 is 31.0. The molecule has 1 saturated carbocycles. The Kier molecular flexibility index (Phi) is 3.90. The summed E-state index contributed by atoms with van der Waals surface area (Å²) in [5.74, 6) is 0.423. The molecule has 1 aliphatic carbocycles. The molecule has 1 heterocycles. The average Bonchev–Trinajstić information content (AvgIpc) is 3.18. The summed E-state index contributed by atoms with van der Waals surface area (Å²) >= 11 is 0. The first-order valence-electron chi connectivity index (χ1n) is 7.06. The van der Waals surface area contributed by atoms with E-state index in [1.807, 2.05) is 0 Å². The first-order chi connectivity index (χ1) is 10.9. The van der Waals surface area contributed by atoms with Gasteiger partial charge in [-0.15, -0.1) is 0 Å². The Morgan fingerprint density at radius 1 is 1.35 bits per heavy atom. The fourth-order valence-electron chi connectivity index (χ4n) is 2.19. The number of nitrogens with zero attached hydrogens (tertiary/aromatic N) is 3. The minimum atomic E-state index is -3.71. The number of nitro groups is 1. The van der Waals surface area contributed by atoms with E-state index in [2.05, 4.69) is 5.16 Å². The standard InChI is InChI=1S/C14H15N3O5S/c1-16(9-10-2-3-10)23(20,21)14-8-13(15-22-14)11-4-6-12(7-5-11)17(18)19/h4-8,10H,2-3,9H2,1H3. The molecule has 0 atom stereocenters. The number of nitro benzene ring substituents is 1. The quantitative estimate of drug-likeness (QED) is 0.591. The molecule has 0 unspecified atom stereocenters. The fourth-order valence-corrected chi connectivity index (χ4v) is 3.29. The van der Waals surface area contributed by atoms with Gasteiger partial charge in [0, 0.05) is 37.4 Å². The molecular formula is C14H15N3O5S. The van der Waals surface area contributed by atoms with Crippen LogP contribution in [0.5, 0.6) is 0 Å². The van der Waals surface area contributed by atoms with Crippen molar-refractivity contribution in [2.24, 2.45) is 5.92 Å². The summed E-state index contributed by atoms with van der Waals surface area (Å²) in [5.41, 5.74) is 0.818. The van der Waals surface area contributed by atoms with Crippen LogP contribution < -0.4 is 0 Å². The zero-order valence-corrected chi connectivity index (χ0v) is 13.2. The first-order valence-corrected chi connectivity index (χ1v) is 8.50. The van der Waals surface area contributed by atoms with Crippen molar-refractivity contribution in [1.82, 2.24) is 9.46 Å². The molecule has 122 valence electrons. The fraction of sp³-hybridized carbons (Fsp3) is 0.357. The van der Waals surface area contributed by atoms with Gasteiger partial charge in [0.2, 0.25) is 0 Å². The summed E-state index contributed by atoms with van der Waals surface area (Å²) in [7, 11) is -2.19. The number of hydrogen-bond acceptors (Lipinski definition) is 6. The maximum Gasteiger partial charge on any atom is 0.279 e. The van der Waals surface area contributed by atoms with E-state index < -0.39 is 14.9 Å². The van der Waals surface area contributed by atoms with Crippen LogP contribution in [-0.2, 0) is 10.0 Å². The van der Waals surface area contributed by atoms with Gasteiger partial charge in [-0.2, -0.15) is 4.31 Å². The number of hydrogen-bond donors (Lipinski definition) is 0. The molecule has 2 aromatic rings. The van der Waals surface area contributed by atoms with Gasteiger partial charge in [0.25, 0.3) is 20.8 Å². The average molecular weight is 337 g/mol. The Hall–Kier alpha value is -2.26. The van der Waals surface area contributed by atoms with Gasteiger partial charge in [-0.3, -0.25) is 10.1 Å². The van der Waals surface area contributed by atoms with Gasteiger partial charge in [0.1, 0.15) is 5.69 Å². The van der Waals surface area contributed by atoms with Crippen LogP contribution in [0.25, 0.3) is 11.3 Å². The van der Waals surface area contributed by atoms with Crippen molar-refractivity contribution in [2.45, 2.75) is 17.9 Å². The van der Waals surface area contributed by atoms with Gasteiger partial charge in [-0.1, -0.05) is 5.16 Å². The zero-order chi connectivity index (χ0) is 16.6. The van der Waals surface area contributed by atoms with Crippen LogP contribution in [-0.4, -0.2) is 36.4 Å². The maximum absolute atomic E-state index is 12.4. The van der Waals surface area contributed by atoms with E-state index >= 15 is 0 Å². The molecule has 0 N–H and O–H groups in total. The smallest absolute Gasteiger partial charge is 0.279 e. The van der Waals surface area contributed by atoms with E-state index in [-0.39, 0.29) is 10.8 Å². The summed E-state index contributed by atoms with van der Waals surface area (Å²) in [6.45, 7) is 0.468. The lowest BCUT2D eigenvalue weighted by Crippen LogP contribution is -2.28. The SMILES string of the molecule is CN(CC1CC1)S(=O)(=O)c1cc(-c2ccc([N+](=O)[O-])cc2)no1. The molecule has 0 radical (unpaired) electrons. The van der Waals surface area contributed by atoms with E-state index in [4.69, 9.17) is 4.52 Å². The molecule has 1 fully saturated rings. The van der Waals surface area contributed by atoms with Gasteiger partial charge >= 0.3 is 0 Å². The molecule has 1 aromatic carbocycles. The summed E-state index contributed by atoms with van der Waals surface area (Å²) in [6, 6.07) is 7.00. The van der Waals surface area contributed by atoms with Crippen LogP contribution in [0.1, 0.15) is 12.8 Å². The van der Waals surface area contributed by atoms with E-state index in [0.717, 1.165) is 12.8 Å². The minimum absolute atomic E-state index is 0.0470. The molecule has 0 bridgehead atoms. The normalized spacial score (nSPS) is 15.0. The van der Waals surface area contributed by atoms with Gasteiger partial charge in [-0.25, -0.2) is 8.42 Å². The second-order valence-corrected chi connectivity index (χ2v) is 7.54. The van der Waals surface area contributed by atoms with Gasteiger partial charge in [-0.05, 0) is 30.9 Å². The van der Waals surface area contributed by atoms with Gasteiger partial charge in [0.05, 0.1) is 4.92 Å². The second kappa shape index (κ2) is 5.74. The van der Waals surface area contributed by atoms with Crippen molar-refractivity contribution >= 4 is 15.7 Å². The highest BCUT2D eigenvalue weighted by Gasteiger charge is 2.31. The second-order valence-electron chi connectivity index (χ2n) is 5.56. The molecule has 0 aliphatic heterocycles. The Bertz CT molecular complexity index is 824. The molecule has 0 saturated heterocycles. The molecular weight excluding hydrogens is 322 g/mol. The van der Waals surface area contributed by atoms with Crippen LogP contribution in [0.3, 0.4) is 0 Å². The predicted molar refractivity (Wildman–Crippen MR) is 81.1 cm³/mol. The number of aromatic nitrogens is 1. The minimum Gasteiger partial charge on any atom is -0.343 e. The highest BCUT2D eigenvalue weighted by molar-refractivity contribution is 7.89. The molecule has 3 rings (SSSR count). The van der Waals surface area contributed by atoms with Crippen molar-refractivity contribution in [3.05, 3.63) is 40.4 Å². The van der Waals surface area contributed by atoms with Crippen molar-refractivity contribution < 1.29 is 17.9 Å². The molecule has 1 aromatic heterocycles. The Balaban J connectivity index is 1.83. The lowest BCUT2D eigenvalue weighted by molar-refractivity contribution is -0.384. The molecule has 9 heteroatoms. The summed E-state index contributed by atoms with van der Waals surface area (Å²) in [4.78, 5) is 10.1. The van der Waals surface area contributed by atoms with Crippen LogP contribution in [0, 0.1) is 16.0 Å². The summed E-state index contributed by atoms with van der Waals surface area (Å²) in [6.07, 6.45) is 2.09. The van der Waals surface area contributed by atoms with Crippen LogP contribution in [0.15, 0.2) is 39.9 Å². The lowest BCUT2D eigenvalue weighted by Gasteiger charge is -2.13.